The molecule has 1 fully saturated rings. The molecule has 1 aliphatic rings. The molecule has 0 saturated carbocycles. The molecule has 114 valence electrons. The Kier molecular flexibility index (Phi) is 4.00. The molecule has 2 aromatic carbocycles. The van der Waals surface area contributed by atoms with Gasteiger partial charge in [0.05, 0.1) is 19.8 Å². The summed E-state index contributed by atoms with van der Waals surface area (Å²) in [5.74, 6) is 0.635. The second kappa shape index (κ2) is 6.10. The third-order valence-electron chi connectivity index (χ3n) is 3.85. The number of benzene rings is 2. The van der Waals surface area contributed by atoms with Gasteiger partial charge in [0.1, 0.15) is 5.75 Å². The van der Waals surface area contributed by atoms with Gasteiger partial charge in [0.25, 0.3) is 0 Å². The second-order valence-corrected chi connectivity index (χ2v) is 5.16. The summed E-state index contributed by atoms with van der Waals surface area (Å²) in [4.78, 5) is 14.3. The number of anilines is 1. The summed E-state index contributed by atoms with van der Waals surface area (Å²) < 4.78 is 10.4. The molecule has 0 radical (unpaired) electrons. The van der Waals surface area contributed by atoms with Gasteiger partial charge in [-0.15, -0.1) is 0 Å². The largest absolute Gasteiger partial charge is 0.497 e. The van der Waals surface area contributed by atoms with Crippen LogP contribution in [0.5, 0.6) is 5.75 Å². The number of nitrogens with zero attached hydrogens (tertiary/aromatic N) is 1. The van der Waals surface area contributed by atoms with Gasteiger partial charge in [-0.3, -0.25) is 0 Å². The fourth-order valence-electron chi connectivity index (χ4n) is 2.77. The fourth-order valence-corrected chi connectivity index (χ4v) is 2.77. The van der Waals surface area contributed by atoms with Crippen LogP contribution in [0.2, 0.25) is 0 Å². The first-order valence-corrected chi connectivity index (χ1v) is 7.40. The van der Waals surface area contributed by atoms with Gasteiger partial charge < -0.3 is 14.4 Å². The van der Waals surface area contributed by atoms with Gasteiger partial charge in [0.2, 0.25) is 0 Å². The van der Waals surface area contributed by atoms with Crippen LogP contribution in [0, 0.1) is 0 Å². The quantitative estimate of drug-likeness (QED) is 0.627. The molecule has 0 aliphatic carbocycles. The predicted molar refractivity (Wildman–Crippen MR) is 85.1 cm³/mol. The molecule has 0 spiro atoms. The summed E-state index contributed by atoms with van der Waals surface area (Å²) in [6, 6.07) is 17.5. The normalized spacial score (nSPS) is 19.6. The Morgan fingerprint density at radius 2 is 1.77 bits per heavy atom. The van der Waals surface area contributed by atoms with Gasteiger partial charge in [-0.1, -0.05) is 30.3 Å². The van der Waals surface area contributed by atoms with Crippen LogP contribution in [0.25, 0.3) is 0 Å². The van der Waals surface area contributed by atoms with Crippen LogP contribution in [0.3, 0.4) is 0 Å². The van der Waals surface area contributed by atoms with E-state index >= 15 is 0 Å². The highest BCUT2D eigenvalue weighted by molar-refractivity contribution is 5.88. The van der Waals surface area contributed by atoms with Crippen molar-refractivity contribution >= 4 is 11.7 Å². The van der Waals surface area contributed by atoms with Crippen LogP contribution in [-0.2, 0) is 9.53 Å². The molecule has 3 rings (SSSR count). The van der Waals surface area contributed by atoms with E-state index in [9.17, 15) is 4.79 Å². The van der Waals surface area contributed by atoms with Crippen LogP contribution >= 0.6 is 0 Å². The maximum absolute atomic E-state index is 12.2. The number of carbonyl (C=O) groups excluding carboxylic acids is 1. The van der Waals surface area contributed by atoms with E-state index in [4.69, 9.17) is 9.47 Å². The standard InChI is InChI=1S/C18H19NO3/c1-3-22-18(20)17-16(13-9-11-15(21-2)12-10-13)19(17)14-7-5-4-6-8-14/h4-12,16-17H,3H2,1-2H3. The van der Waals surface area contributed by atoms with Crippen molar-refractivity contribution in [2.75, 3.05) is 18.6 Å². The third-order valence-corrected chi connectivity index (χ3v) is 3.85. The Labute approximate surface area is 130 Å². The second-order valence-electron chi connectivity index (χ2n) is 5.16. The van der Waals surface area contributed by atoms with E-state index in [0.717, 1.165) is 17.0 Å². The van der Waals surface area contributed by atoms with Gasteiger partial charge >= 0.3 is 5.97 Å². The van der Waals surface area contributed by atoms with E-state index in [0.29, 0.717) is 6.61 Å². The molecular formula is C18H19NO3. The number of ether oxygens (including phenoxy) is 2. The molecule has 1 heterocycles. The highest BCUT2D eigenvalue weighted by Crippen LogP contribution is 2.47. The monoisotopic (exact) mass is 297 g/mol. The van der Waals surface area contributed by atoms with Crippen molar-refractivity contribution in [3.63, 3.8) is 0 Å². The van der Waals surface area contributed by atoms with Crippen LogP contribution in [0.1, 0.15) is 18.5 Å². The van der Waals surface area contributed by atoms with Gasteiger partial charge in [0.15, 0.2) is 6.04 Å². The summed E-state index contributed by atoms with van der Waals surface area (Å²) in [6.45, 7) is 2.23. The summed E-state index contributed by atoms with van der Waals surface area (Å²) >= 11 is 0. The molecule has 0 aromatic heterocycles. The van der Waals surface area contributed by atoms with Crippen molar-refractivity contribution in [3.05, 3.63) is 60.2 Å². The van der Waals surface area contributed by atoms with Crippen molar-refractivity contribution in [2.24, 2.45) is 0 Å². The topological polar surface area (TPSA) is 38.5 Å². The predicted octanol–water partition coefficient (Wildman–Crippen LogP) is 3.19. The molecule has 2 atom stereocenters. The minimum atomic E-state index is -0.254. The zero-order valence-electron chi connectivity index (χ0n) is 12.7. The smallest absolute Gasteiger partial charge is 0.331 e. The number of hydrogen-bond donors (Lipinski definition) is 0. The number of hydrogen-bond acceptors (Lipinski definition) is 4. The number of carbonyl (C=O) groups is 1. The molecule has 22 heavy (non-hydrogen) atoms. The number of esters is 1. The molecule has 1 saturated heterocycles. The first-order valence-electron chi connectivity index (χ1n) is 7.40. The average molecular weight is 297 g/mol. The highest BCUT2D eigenvalue weighted by atomic mass is 16.5. The van der Waals surface area contributed by atoms with Crippen molar-refractivity contribution in [2.45, 2.75) is 19.0 Å². The zero-order chi connectivity index (χ0) is 15.5. The Hall–Kier alpha value is -2.49. The fraction of sp³-hybridized carbons (Fsp3) is 0.278. The Morgan fingerprint density at radius 3 is 2.36 bits per heavy atom. The Morgan fingerprint density at radius 1 is 1.09 bits per heavy atom. The number of methoxy groups -OCH3 is 1. The lowest BCUT2D eigenvalue weighted by molar-refractivity contribution is -0.142. The van der Waals surface area contributed by atoms with E-state index < -0.39 is 0 Å². The van der Waals surface area contributed by atoms with Crippen molar-refractivity contribution < 1.29 is 14.3 Å². The van der Waals surface area contributed by atoms with Crippen molar-refractivity contribution in [3.8, 4) is 5.75 Å². The molecule has 0 amide bonds. The van der Waals surface area contributed by atoms with Crippen molar-refractivity contribution in [1.29, 1.82) is 0 Å². The lowest BCUT2D eigenvalue weighted by Crippen LogP contribution is -2.15. The highest BCUT2D eigenvalue weighted by Gasteiger charge is 2.54. The molecule has 0 N–H and O–H groups in total. The van der Waals surface area contributed by atoms with E-state index in [1.165, 1.54) is 0 Å². The molecule has 4 heteroatoms. The van der Waals surface area contributed by atoms with Crippen LogP contribution < -0.4 is 9.64 Å². The summed E-state index contributed by atoms with van der Waals surface area (Å²) in [5, 5.41) is 0. The molecule has 0 bridgehead atoms. The van der Waals surface area contributed by atoms with Crippen LogP contribution in [-0.4, -0.2) is 25.7 Å². The molecule has 4 nitrogen and oxygen atoms in total. The zero-order valence-corrected chi connectivity index (χ0v) is 12.7. The summed E-state index contributed by atoms with van der Waals surface area (Å²) in [7, 11) is 1.64. The molecule has 2 unspecified atom stereocenters. The van der Waals surface area contributed by atoms with Crippen LogP contribution in [0.15, 0.2) is 54.6 Å². The lowest BCUT2D eigenvalue weighted by atomic mass is 10.1. The van der Waals surface area contributed by atoms with Gasteiger partial charge in [-0.05, 0) is 36.8 Å². The summed E-state index contributed by atoms with van der Waals surface area (Å²) in [5.41, 5.74) is 2.11. The van der Waals surface area contributed by atoms with Crippen molar-refractivity contribution in [1.82, 2.24) is 0 Å². The average Bonchev–Trinajstić information content (AvgIpc) is 3.32. The van der Waals surface area contributed by atoms with Gasteiger partial charge in [0, 0.05) is 5.69 Å². The first kappa shape index (κ1) is 14.4. The Balaban J connectivity index is 1.88. The molecule has 1 aliphatic heterocycles. The van der Waals surface area contributed by atoms with E-state index in [1.54, 1.807) is 7.11 Å². The van der Waals surface area contributed by atoms with Crippen LogP contribution in [0.4, 0.5) is 5.69 Å². The minimum absolute atomic E-state index is 0.0207. The first-order chi connectivity index (χ1) is 10.8. The van der Waals surface area contributed by atoms with E-state index in [1.807, 2.05) is 61.5 Å². The van der Waals surface area contributed by atoms with Gasteiger partial charge in [-0.2, -0.15) is 0 Å². The minimum Gasteiger partial charge on any atom is -0.497 e. The van der Waals surface area contributed by atoms with Gasteiger partial charge in [-0.25, -0.2) is 4.79 Å². The lowest BCUT2D eigenvalue weighted by Gasteiger charge is -2.06. The van der Waals surface area contributed by atoms with E-state index in [-0.39, 0.29) is 18.1 Å². The summed E-state index contributed by atoms with van der Waals surface area (Å²) in [6.07, 6.45) is 0. The maximum Gasteiger partial charge on any atom is 0.331 e. The molecule has 2 aromatic rings. The number of rotatable bonds is 5. The Bertz CT molecular complexity index is 639. The van der Waals surface area contributed by atoms with E-state index in [2.05, 4.69) is 4.90 Å². The number of para-hydroxylation sites is 1. The third kappa shape index (κ3) is 2.64. The SMILES string of the molecule is CCOC(=O)C1C(c2ccc(OC)cc2)N1c1ccccc1. The maximum atomic E-state index is 12.2. The molecular weight excluding hydrogens is 278 g/mol.